The van der Waals surface area contributed by atoms with Crippen molar-refractivity contribution in [1.29, 1.82) is 0 Å². The molecule has 0 saturated carbocycles. The summed E-state index contributed by atoms with van der Waals surface area (Å²) in [6.07, 6.45) is 4.69. The molecule has 0 amide bonds. The number of rotatable bonds is 7. The van der Waals surface area contributed by atoms with E-state index < -0.39 is 0 Å². The van der Waals surface area contributed by atoms with E-state index in [1.54, 1.807) is 0 Å². The number of aromatic nitrogens is 1. The van der Waals surface area contributed by atoms with Gasteiger partial charge in [0.05, 0.1) is 13.2 Å². The predicted octanol–water partition coefficient (Wildman–Crippen LogP) is 2.17. The first-order chi connectivity index (χ1) is 8.65. The SMILES string of the molecule is CCCN(CC(=O)OCC)Cc1cncc(C)c1. The van der Waals surface area contributed by atoms with Gasteiger partial charge in [0.15, 0.2) is 0 Å². The van der Waals surface area contributed by atoms with Crippen LogP contribution in [0, 0.1) is 6.92 Å². The lowest BCUT2D eigenvalue weighted by Crippen LogP contribution is -2.31. The zero-order valence-corrected chi connectivity index (χ0v) is 11.5. The summed E-state index contributed by atoms with van der Waals surface area (Å²) < 4.78 is 4.98. The molecule has 0 bridgehead atoms. The number of aryl methyl sites for hydroxylation is 1. The number of nitrogens with zero attached hydrogens (tertiary/aromatic N) is 2. The first-order valence-corrected chi connectivity index (χ1v) is 6.44. The van der Waals surface area contributed by atoms with Crippen molar-refractivity contribution in [3.63, 3.8) is 0 Å². The molecule has 100 valence electrons. The summed E-state index contributed by atoms with van der Waals surface area (Å²) in [5, 5.41) is 0. The Morgan fingerprint density at radius 1 is 1.39 bits per heavy atom. The molecule has 1 heterocycles. The van der Waals surface area contributed by atoms with Gasteiger partial charge in [-0.05, 0) is 37.9 Å². The van der Waals surface area contributed by atoms with Crippen molar-refractivity contribution in [3.05, 3.63) is 29.6 Å². The topological polar surface area (TPSA) is 42.4 Å². The Labute approximate surface area is 109 Å². The summed E-state index contributed by atoms with van der Waals surface area (Å²) in [7, 11) is 0. The Balaban J connectivity index is 2.59. The Hall–Kier alpha value is -1.42. The van der Waals surface area contributed by atoms with Crippen LogP contribution < -0.4 is 0 Å². The predicted molar refractivity (Wildman–Crippen MR) is 71.2 cm³/mol. The van der Waals surface area contributed by atoms with E-state index in [2.05, 4.69) is 22.9 Å². The van der Waals surface area contributed by atoms with E-state index in [4.69, 9.17) is 4.74 Å². The maximum absolute atomic E-state index is 11.5. The van der Waals surface area contributed by atoms with Crippen LogP contribution in [-0.4, -0.2) is 35.5 Å². The normalized spacial score (nSPS) is 10.7. The molecule has 0 N–H and O–H groups in total. The Bertz CT molecular complexity index is 380. The number of hydrogen-bond acceptors (Lipinski definition) is 4. The second kappa shape index (κ2) is 7.82. The van der Waals surface area contributed by atoms with E-state index in [-0.39, 0.29) is 5.97 Å². The molecule has 0 aliphatic rings. The maximum Gasteiger partial charge on any atom is 0.320 e. The van der Waals surface area contributed by atoms with Gasteiger partial charge in [-0.15, -0.1) is 0 Å². The molecule has 1 aromatic rings. The largest absolute Gasteiger partial charge is 0.465 e. The van der Waals surface area contributed by atoms with Crippen LogP contribution in [-0.2, 0) is 16.1 Å². The van der Waals surface area contributed by atoms with E-state index in [0.29, 0.717) is 13.2 Å². The van der Waals surface area contributed by atoms with E-state index in [1.165, 1.54) is 0 Å². The summed E-state index contributed by atoms with van der Waals surface area (Å²) in [4.78, 5) is 17.8. The van der Waals surface area contributed by atoms with Gasteiger partial charge in [-0.2, -0.15) is 0 Å². The van der Waals surface area contributed by atoms with Crippen LogP contribution in [0.15, 0.2) is 18.5 Å². The molecule has 1 rings (SSSR count). The second-order valence-corrected chi connectivity index (χ2v) is 4.39. The van der Waals surface area contributed by atoms with Gasteiger partial charge in [-0.25, -0.2) is 0 Å². The van der Waals surface area contributed by atoms with Gasteiger partial charge >= 0.3 is 5.97 Å². The van der Waals surface area contributed by atoms with Crippen LogP contribution in [0.2, 0.25) is 0 Å². The Kier molecular flexibility index (Phi) is 6.36. The van der Waals surface area contributed by atoms with Crippen LogP contribution in [0.25, 0.3) is 0 Å². The van der Waals surface area contributed by atoms with Crippen LogP contribution in [0.3, 0.4) is 0 Å². The highest BCUT2D eigenvalue weighted by Crippen LogP contribution is 2.06. The average Bonchev–Trinajstić information content (AvgIpc) is 2.29. The number of carbonyl (C=O) groups is 1. The number of hydrogen-bond donors (Lipinski definition) is 0. The van der Waals surface area contributed by atoms with Crippen molar-refractivity contribution >= 4 is 5.97 Å². The van der Waals surface area contributed by atoms with Crippen LogP contribution in [0.1, 0.15) is 31.4 Å². The number of ether oxygens (including phenoxy) is 1. The Morgan fingerprint density at radius 3 is 2.78 bits per heavy atom. The van der Waals surface area contributed by atoms with Crippen molar-refractivity contribution in [1.82, 2.24) is 9.88 Å². The first kappa shape index (κ1) is 14.6. The lowest BCUT2D eigenvalue weighted by molar-refractivity contribution is -0.144. The number of esters is 1. The van der Waals surface area contributed by atoms with E-state index >= 15 is 0 Å². The molecule has 4 heteroatoms. The van der Waals surface area contributed by atoms with Gasteiger partial charge in [-0.1, -0.05) is 13.0 Å². The molecule has 0 aromatic carbocycles. The summed E-state index contributed by atoms with van der Waals surface area (Å²) in [6.45, 7) is 8.35. The fourth-order valence-electron chi connectivity index (χ4n) is 1.88. The van der Waals surface area contributed by atoms with Gasteiger partial charge in [0, 0.05) is 18.9 Å². The third kappa shape index (κ3) is 5.27. The van der Waals surface area contributed by atoms with Gasteiger partial charge in [0.2, 0.25) is 0 Å². The van der Waals surface area contributed by atoms with Crippen molar-refractivity contribution in [2.45, 2.75) is 33.7 Å². The zero-order valence-electron chi connectivity index (χ0n) is 11.5. The van der Waals surface area contributed by atoms with Gasteiger partial charge in [0.25, 0.3) is 0 Å². The molecule has 0 unspecified atom stereocenters. The quantitative estimate of drug-likeness (QED) is 0.696. The summed E-state index contributed by atoms with van der Waals surface area (Å²) >= 11 is 0. The molecule has 0 atom stereocenters. The minimum atomic E-state index is -0.161. The maximum atomic E-state index is 11.5. The molecule has 0 saturated heterocycles. The first-order valence-electron chi connectivity index (χ1n) is 6.44. The fraction of sp³-hybridized carbons (Fsp3) is 0.571. The Morgan fingerprint density at radius 2 is 2.17 bits per heavy atom. The van der Waals surface area contributed by atoms with Crippen molar-refractivity contribution in [3.8, 4) is 0 Å². The summed E-state index contributed by atoms with van der Waals surface area (Å²) in [6, 6.07) is 2.10. The van der Waals surface area contributed by atoms with Crippen LogP contribution in [0.4, 0.5) is 0 Å². The van der Waals surface area contributed by atoms with Gasteiger partial charge < -0.3 is 4.74 Å². The molecule has 0 spiro atoms. The summed E-state index contributed by atoms with van der Waals surface area (Å²) in [5.41, 5.74) is 2.27. The van der Waals surface area contributed by atoms with Gasteiger partial charge in [-0.3, -0.25) is 14.7 Å². The molecular weight excluding hydrogens is 228 g/mol. The standard InChI is InChI=1S/C14H22N2O2/c1-4-6-16(11-14(17)18-5-2)10-13-7-12(3)8-15-9-13/h7-9H,4-6,10-11H2,1-3H3. The molecule has 0 fully saturated rings. The average molecular weight is 250 g/mol. The zero-order chi connectivity index (χ0) is 13.4. The van der Waals surface area contributed by atoms with Crippen LogP contribution in [0.5, 0.6) is 0 Å². The third-order valence-electron chi connectivity index (χ3n) is 2.54. The highest BCUT2D eigenvalue weighted by Gasteiger charge is 2.11. The van der Waals surface area contributed by atoms with Crippen molar-refractivity contribution in [2.24, 2.45) is 0 Å². The lowest BCUT2D eigenvalue weighted by atomic mass is 10.2. The molecule has 0 aliphatic heterocycles. The molecule has 0 radical (unpaired) electrons. The smallest absolute Gasteiger partial charge is 0.320 e. The van der Waals surface area contributed by atoms with Crippen LogP contribution >= 0.6 is 0 Å². The van der Waals surface area contributed by atoms with Gasteiger partial charge in [0.1, 0.15) is 0 Å². The van der Waals surface area contributed by atoms with E-state index in [9.17, 15) is 4.79 Å². The second-order valence-electron chi connectivity index (χ2n) is 4.39. The lowest BCUT2D eigenvalue weighted by Gasteiger charge is -2.20. The molecule has 0 aliphatic carbocycles. The minimum absolute atomic E-state index is 0.161. The summed E-state index contributed by atoms with van der Waals surface area (Å²) in [5.74, 6) is -0.161. The number of pyridine rings is 1. The molecule has 18 heavy (non-hydrogen) atoms. The van der Waals surface area contributed by atoms with Crippen molar-refractivity contribution < 1.29 is 9.53 Å². The monoisotopic (exact) mass is 250 g/mol. The van der Waals surface area contributed by atoms with E-state index in [1.807, 2.05) is 26.2 Å². The highest BCUT2D eigenvalue weighted by atomic mass is 16.5. The third-order valence-corrected chi connectivity index (χ3v) is 2.54. The minimum Gasteiger partial charge on any atom is -0.465 e. The molecular formula is C14H22N2O2. The highest BCUT2D eigenvalue weighted by molar-refractivity contribution is 5.71. The van der Waals surface area contributed by atoms with Crippen molar-refractivity contribution in [2.75, 3.05) is 19.7 Å². The molecule has 1 aromatic heterocycles. The van der Waals surface area contributed by atoms with E-state index in [0.717, 1.165) is 30.6 Å². The molecule has 4 nitrogen and oxygen atoms in total. The number of carbonyl (C=O) groups excluding carboxylic acids is 1. The fourth-order valence-corrected chi connectivity index (χ4v) is 1.88.